The molecule has 0 aromatic rings. The van der Waals surface area contributed by atoms with E-state index in [1.54, 1.807) is 6.92 Å². The third-order valence-electron chi connectivity index (χ3n) is 1.34. The van der Waals surface area contributed by atoms with Gasteiger partial charge in [-0.25, -0.2) is 0 Å². The van der Waals surface area contributed by atoms with Gasteiger partial charge in [-0.1, -0.05) is 19.4 Å². The minimum absolute atomic E-state index is 0.00694. The molecule has 0 aliphatic rings. The second kappa shape index (κ2) is 3.51. The predicted molar refractivity (Wildman–Crippen MR) is 34.7 cm³/mol. The van der Waals surface area contributed by atoms with Gasteiger partial charge in [0, 0.05) is 0 Å². The van der Waals surface area contributed by atoms with Crippen LogP contribution in [0.25, 0.3) is 0 Å². The van der Waals surface area contributed by atoms with Crippen molar-refractivity contribution in [1.82, 2.24) is 0 Å². The summed E-state index contributed by atoms with van der Waals surface area (Å²) in [5.41, 5.74) is 0.606. The monoisotopic (exact) mass is 129 g/mol. The van der Waals surface area contributed by atoms with E-state index in [1.165, 1.54) is 6.92 Å². The van der Waals surface area contributed by atoms with E-state index in [-0.39, 0.29) is 5.76 Å². The number of hydrogen-bond acceptors (Lipinski definition) is 2. The number of aliphatic hydroxyl groups excluding tert-OH is 1. The molecule has 2 heteroatoms. The van der Waals surface area contributed by atoms with Gasteiger partial charge in [-0.05, 0) is 13.3 Å². The molecule has 2 nitrogen and oxygen atoms in total. The molecule has 0 saturated heterocycles. The van der Waals surface area contributed by atoms with Gasteiger partial charge in [-0.15, -0.1) is 5.76 Å². The van der Waals surface area contributed by atoms with Crippen LogP contribution in [-0.4, -0.2) is 11.2 Å². The molecule has 0 heterocycles. The Labute approximate surface area is 55.8 Å². The zero-order chi connectivity index (χ0) is 7.44. The summed E-state index contributed by atoms with van der Waals surface area (Å²) in [7, 11) is 0. The lowest BCUT2D eigenvalue weighted by molar-refractivity contribution is -0.304. The summed E-state index contributed by atoms with van der Waals surface area (Å²) in [6.45, 7) is 4.95. The first kappa shape index (κ1) is 8.50. The standard InChI is InChI=1S/C7H14O2/c1-4-7(5(2)8)6(3)9/h5,8-9H,4H2,1-3H3/p-1/b7-6-. The van der Waals surface area contributed by atoms with Gasteiger partial charge in [0.15, 0.2) is 0 Å². The van der Waals surface area contributed by atoms with Gasteiger partial charge in [0.1, 0.15) is 0 Å². The smallest absolute Gasteiger partial charge is 0.0715 e. The van der Waals surface area contributed by atoms with Crippen molar-refractivity contribution in [2.75, 3.05) is 0 Å². The lowest BCUT2D eigenvalue weighted by Gasteiger charge is -2.15. The minimum atomic E-state index is -0.576. The predicted octanol–water partition coefficient (Wildman–Crippen LogP) is 0.412. The highest BCUT2D eigenvalue weighted by Gasteiger charge is 1.99. The molecule has 54 valence electrons. The van der Waals surface area contributed by atoms with Crippen LogP contribution in [0.15, 0.2) is 11.3 Å². The van der Waals surface area contributed by atoms with Crippen molar-refractivity contribution in [2.24, 2.45) is 0 Å². The zero-order valence-corrected chi connectivity index (χ0v) is 6.14. The van der Waals surface area contributed by atoms with Crippen molar-refractivity contribution in [2.45, 2.75) is 33.3 Å². The number of allylic oxidation sites excluding steroid dienone is 1. The largest absolute Gasteiger partial charge is 0.876 e. The van der Waals surface area contributed by atoms with Gasteiger partial charge in [-0.3, -0.25) is 0 Å². The van der Waals surface area contributed by atoms with E-state index in [0.717, 1.165) is 0 Å². The highest BCUT2D eigenvalue weighted by atomic mass is 16.3. The van der Waals surface area contributed by atoms with Crippen LogP contribution in [0.1, 0.15) is 27.2 Å². The Morgan fingerprint density at radius 1 is 1.67 bits per heavy atom. The number of hydrogen-bond donors (Lipinski definition) is 1. The summed E-state index contributed by atoms with van der Waals surface area (Å²) in [6, 6.07) is 0. The lowest BCUT2D eigenvalue weighted by Crippen LogP contribution is -2.12. The van der Waals surface area contributed by atoms with Gasteiger partial charge in [0.2, 0.25) is 0 Å². The summed E-state index contributed by atoms with van der Waals surface area (Å²) in [6.07, 6.45) is 0.0694. The Kier molecular flexibility index (Phi) is 3.32. The Morgan fingerprint density at radius 2 is 2.11 bits per heavy atom. The third kappa shape index (κ3) is 2.51. The van der Waals surface area contributed by atoms with E-state index in [1.807, 2.05) is 6.92 Å². The molecule has 0 rings (SSSR count). The average Bonchev–Trinajstić information content (AvgIpc) is 1.64. The maximum absolute atomic E-state index is 10.6. The van der Waals surface area contributed by atoms with E-state index in [9.17, 15) is 5.11 Å². The minimum Gasteiger partial charge on any atom is -0.876 e. The first-order valence-corrected chi connectivity index (χ1v) is 3.14. The van der Waals surface area contributed by atoms with Crippen LogP contribution in [0.4, 0.5) is 0 Å². The number of rotatable bonds is 2. The number of aliphatic hydroxyl groups is 1. The van der Waals surface area contributed by atoms with Gasteiger partial charge >= 0.3 is 0 Å². The van der Waals surface area contributed by atoms with E-state index in [0.29, 0.717) is 12.0 Å². The van der Waals surface area contributed by atoms with Crippen LogP contribution in [0.2, 0.25) is 0 Å². The summed E-state index contributed by atoms with van der Waals surface area (Å²) in [5.74, 6) is -0.00694. The topological polar surface area (TPSA) is 43.3 Å². The first-order chi connectivity index (χ1) is 4.09. The zero-order valence-electron chi connectivity index (χ0n) is 6.14. The second-order valence-electron chi connectivity index (χ2n) is 2.11. The quantitative estimate of drug-likeness (QED) is 0.549. The molecule has 0 spiro atoms. The Morgan fingerprint density at radius 3 is 2.11 bits per heavy atom. The van der Waals surface area contributed by atoms with Crippen LogP contribution in [0.5, 0.6) is 0 Å². The van der Waals surface area contributed by atoms with Crippen molar-refractivity contribution in [1.29, 1.82) is 0 Å². The van der Waals surface area contributed by atoms with Crippen LogP contribution in [0, 0.1) is 0 Å². The molecule has 0 aliphatic heterocycles. The molecule has 0 aliphatic carbocycles. The van der Waals surface area contributed by atoms with Gasteiger partial charge in [-0.2, -0.15) is 0 Å². The van der Waals surface area contributed by atoms with Crippen molar-refractivity contribution < 1.29 is 10.2 Å². The normalized spacial score (nSPS) is 16.9. The molecule has 0 fully saturated rings. The summed E-state index contributed by atoms with van der Waals surface area (Å²) in [5, 5.41) is 19.5. The van der Waals surface area contributed by atoms with Crippen LogP contribution in [-0.2, 0) is 0 Å². The molecule has 0 aromatic heterocycles. The molecule has 1 atom stereocenters. The van der Waals surface area contributed by atoms with E-state index in [2.05, 4.69) is 0 Å². The highest BCUT2D eigenvalue weighted by molar-refractivity contribution is 5.07. The Balaban J connectivity index is 4.16. The van der Waals surface area contributed by atoms with Gasteiger partial charge < -0.3 is 10.2 Å². The summed E-state index contributed by atoms with van der Waals surface area (Å²) >= 11 is 0. The Bertz CT molecular complexity index is 110. The van der Waals surface area contributed by atoms with Crippen molar-refractivity contribution >= 4 is 0 Å². The molecular formula is C7H13O2-. The van der Waals surface area contributed by atoms with Crippen LogP contribution >= 0.6 is 0 Å². The summed E-state index contributed by atoms with van der Waals surface area (Å²) < 4.78 is 0. The SMILES string of the molecule is CC/C(=C(\C)[O-])C(C)O. The van der Waals surface area contributed by atoms with Crippen LogP contribution in [0.3, 0.4) is 0 Å². The second-order valence-corrected chi connectivity index (χ2v) is 2.11. The fourth-order valence-electron chi connectivity index (χ4n) is 0.839. The fraction of sp³-hybridized carbons (Fsp3) is 0.714. The van der Waals surface area contributed by atoms with Crippen LogP contribution < -0.4 is 5.11 Å². The van der Waals surface area contributed by atoms with Crippen molar-refractivity contribution in [3.63, 3.8) is 0 Å². The summed E-state index contributed by atoms with van der Waals surface area (Å²) in [4.78, 5) is 0. The van der Waals surface area contributed by atoms with Crippen molar-refractivity contribution in [3.8, 4) is 0 Å². The van der Waals surface area contributed by atoms with E-state index in [4.69, 9.17) is 5.11 Å². The molecule has 0 bridgehead atoms. The molecule has 0 amide bonds. The average molecular weight is 129 g/mol. The molecule has 1 N–H and O–H groups in total. The molecule has 0 radical (unpaired) electrons. The lowest BCUT2D eigenvalue weighted by atomic mass is 10.1. The maximum atomic E-state index is 10.6. The van der Waals surface area contributed by atoms with Gasteiger partial charge in [0.25, 0.3) is 0 Å². The maximum Gasteiger partial charge on any atom is 0.0715 e. The molecule has 1 unspecified atom stereocenters. The van der Waals surface area contributed by atoms with Gasteiger partial charge in [0.05, 0.1) is 6.10 Å². The van der Waals surface area contributed by atoms with Crippen molar-refractivity contribution in [3.05, 3.63) is 11.3 Å². The third-order valence-corrected chi connectivity index (χ3v) is 1.34. The Hall–Kier alpha value is -0.500. The molecule has 0 aromatic carbocycles. The molecular weight excluding hydrogens is 116 g/mol. The molecule has 0 saturated carbocycles. The van der Waals surface area contributed by atoms with E-state index >= 15 is 0 Å². The van der Waals surface area contributed by atoms with E-state index < -0.39 is 6.10 Å². The fourth-order valence-corrected chi connectivity index (χ4v) is 0.839. The first-order valence-electron chi connectivity index (χ1n) is 3.14. The molecule has 9 heavy (non-hydrogen) atoms. The highest BCUT2D eigenvalue weighted by Crippen LogP contribution is 2.08.